The van der Waals surface area contributed by atoms with Crippen LogP contribution in [0.1, 0.15) is 41.3 Å². The van der Waals surface area contributed by atoms with Crippen molar-refractivity contribution in [1.29, 1.82) is 0 Å². The summed E-state index contributed by atoms with van der Waals surface area (Å²) in [5.41, 5.74) is 2.55. The molecule has 1 aliphatic heterocycles. The number of carbonyl (C=O) groups is 1. The van der Waals surface area contributed by atoms with E-state index in [4.69, 9.17) is 5.11 Å². The minimum absolute atomic E-state index is 0.0658. The molecule has 3 nitrogen and oxygen atoms in total. The minimum Gasteiger partial charge on any atom is -0.395 e. The Balaban J connectivity index is 2.22. The first-order valence-electron chi connectivity index (χ1n) is 7.12. The first-order valence-corrected chi connectivity index (χ1v) is 7.12. The average molecular weight is 271 g/mol. The van der Waals surface area contributed by atoms with Crippen LogP contribution in [0.2, 0.25) is 0 Å². The molecule has 106 valence electrons. The maximum atomic E-state index is 12.5. The Morgan fingerprint density at radius 2 is 2.30 bits per heavy atom. The van der Waals surface area contributed by atoms with Crippen LogP contribution in [0.3, 0.4) is 0 Å². The molecule has 1 saturated heterocycles. The molecule has 0 aromatic heterocycles. The van der Waals surface area contributed by atoms with Gasteiger partial charge in [-0.15, -0.1) is 0 Å². The third-order valence-electron chi connectivity index (χ3n) is 3.74. The van der Waals surface area contributed by atoms with Gasteiger partial charge in [0.1, 0.15) is 0 Å². The van der Waals surface area contributed by atoms with Gasteiger partial charge in [0.05, 0.1) is 6.61 Å². The summed E-state index contributed by atoms with van der Waals surface area (Å²) < 4.78 is 0. The van der Waals surface area contributed by atoms with Gasteiger partial charge in [-0.25, -0.2) is 0 Å². The second-order valence-electron chi connectivity index (χ2n) is 5.40. The molecule has 1 heterocycles. The Labute approximate surface area is 120 Å². The minimum atomic E-state index is 0.0658. The molecule has 1 unspecified atom stereocenters. The fraction of sp³-hybridized carbons (Fsp3) is 0.471. The number of amides is 1. The van der Waals surface area contributed by atoms with E-state index in [0.29, 0.717) is 12.3 Å². The van der Waals surface area contributed by atoms with Crippen LogP contribution in [-0.2, 0) is 0 Å². The standard InChI is InChI=1S/C17H21NO2/c1-13-9-10-18(12-13)17(20)16-8-5-7-15(14(16)2)6-3-4-11-19/h5,7-8,13,19H,4,9-12H2,1-2H3. The van der Waals surface area contributed by atoms with Crippen LogP contribution in [0.15, 0.2) is 18.2 Å². The van der Waals surface area contributed by atoms with Crippen molar-refractivity contribution in [1.82, 2.24) is 4.90 Å². The Bertz CT molecular complexity index is 554. The van der Waals surface area contributed by atoms with Crippen molar-refractivity contribution < 1.29 is 9.90 Å². The number of aliphatic hydroxyl groups is 1. The quantitative estimate of drug-likeness (QED) is 0.838. The SMILES string of the molecule is Cc1c(C#CCCO)cccc1C(=O)N1CCC(C)C1. The second-order valence-corrected chi connectivity index (χ2v) is 5.40. The van der Waals surface area contributed by atoms with E-state index in [1.165, 1.54) is 0 Å². The zero-order chi connectivity index (χ0) is 14.5. The van der Waals surface area contributed by atoms with E-state index in [1.54, 1.807) is 0 Å². The fourth-order valence-electron chi connectivity index (χ4n) is 2.51. The summed E-state index contributed by atoms with van der Waals surface area (Å²) in [5, 5.41) is 8.76. The van der Waals surface area contributed by atoms with Gasteiger partial charge in [0, 0.05) is 30.6 Å². The van der Waals surface area contributed by atoms with E-state index in [1.807, 2.05) is 30.0 Å². The predicted molar refractivity (Wildman–Crippen MR) is 79.4 cm³/mol. The topological polar surface area (TPSA) is 40.5 Å². The highest BCUT2D eigenvalue weighted by Gasteiger charge is 2.25. The number of carbonyl (C=O) groups excluding carboxylic acids is 1. The van der Waals surface area contributed by atoms with Crippen molar-refractivity contribution in [2.75, 3.05) is 19.7 Å². The van der Waals surface area contributed by atoms with E-state index in [9.17, 15) is 4.79 Å². The number of hydrogen-bond acceptors (Lipinski definition) is 2. The Morgan fingerprint density at radius 1 is 1.50 bits per heavy atom. The van der Waals surface area contributed by atoms with Gasteiger partial charge in [0.2, 0.25) is 0 Å². The molecule has 1 aromatic carbocycles. The molecule has 1 fully saturated rings. The van der Waals surface area contributed by atoms with Crippen molar-refractivity contribution in [2.24, 2.45) is 5.92 Å². The van der Waals surface area contributed by atoms with Crippen LogP contribution in [-0.4, -0.2) is 35.6 Å². The number of benzene rings is 1. The number of aliphatic hydroxyl groups excluding tert-OH is 1. The van der Waals surface area contributed by atoms with Gasteiger partial charge in [-0.1, -0.05) is 24.8 Å². The molecule has 1 aliphatic rings. The lowest BCUT2D eigenvalue weighted by molar-refractivity contribution is 0.0787. The zero-order valence-corrected chi connectivity index (χ0v) is 12.1. The molecule has 0 aliphatic carbocycles. The maximum absolute atomic E-state index is 12.5. The lowest BCUT2D eigenvalue weighted by Crippen LogP contribution is -2.29. The van der Waals surface area contributed by atoms with Crippen LogP contribution in [0.4, 0.5) is 0 Å². The van der Waals surface area contributed by atoms with Gasteiger partial charge in [-0.05, 0) is 37.0 Å². The van der Waals surface area contributed by atoms with E-state index in [-0.39, 0.29) is 12.5 Å². The first kappa shape index (κ1) is 14.6. The lowest BCUT2D eigenvalue weighted by atomic mass is 10.0. The highest BCUT2D eigenvalue weighted by molar-refractivity contribution is 5.96. The summed E-state index contributed by atoms with van der Waals surface area (Å²) in [6, 6.07) is 5.67. The smallest absolute Gasteiger partial charge is 0.254 e. The van der Waals surface area contributed by atoms with Gasteiger partial charge in [-0.2, -0.15) is 0 Å². The number of hydrogen-bond donors (Lipinski definition) is 1. The molecule has 0 radical (unpaired) electrons. The summed E-state index contributed by atoms with van der Waals surface area (Å²) >= 11 is 0. The highest BCUT2D eigenvalue weighted by atomic mass is 16.2. The summed E-state index contributed by atoms with van der Waals surface area (Å²) in [6.45, 7) is 5.88. The average Bonchev–Trinajstić information content (AvgIpc) is 2.87. The van der Waals surface area contributed by atoms with Crippen molar-refractivity contribution in [2.45, 2.75) is 26.7 Å². The summed E-state index contributed by atoms with van der Waals surface area (Å²) in [5.74, 6) is 6.64. The van der Waals surface area contributed by atoms with Crippen molar-refractivity contribution in [3.63, 3.8) is 0 Å². The molecule has 2 rings (SSSR count). The van der Waals surface area contributed by atoms with Gasteiger partial charge in [0.15, 0.2) is 0 Å². The van der Waals surface area contributed by atoms with Crippen molar-refractivity contribution in [3.05, 3.63) is 34.9 Å². The van der Waals surface area contributed by atoms with Crippen LogP contribution in [0.25, 0.3) is 0 Å². The Hall–Kier alpha value is -1.79. The highest BCUT2D eigenvalue weighted by Crippen LogP contribution is 2.21. The van der Waals surface area contributed by atoms with Crippen molar-refractivity contribution in [3.8, 4) is 11.8 Å². The Morgan fingerprint density at radius 3 is 2.95 bits per heavy atom. The second kappa shape index (κ2) is 6.58. The number of nitrogens with zero attached hydrogens (tertiary/aromatic N) is 1. The molecular formula is C17H21NO2. The van der Waals surface area contributed by atoms with Gasteiger partial charge in [-0.3, -0.25) is 4.79 Å². The molecule has 0 spiro atoms. The summed E-state index contributed by atoms with van der Waals surface area (Å²) in [6.07, 6.45) is 1.54. The van der Waals surface area contributed by atoms with Crippen molar-refractivity contribution >= 4 is 5.91 Å². The Kier molecular flexibility index (Phi) is 4.81. The first-order chi connectivity index (χ1) is 9.63. The number of likely N-dealkylation sites (tertiary alicyclic amines) is 1. The molecule has 1 atom stereocenters. The molecule has 1 amide bonds. The van der Waals surface area contributed by atoms with Gasteiger partial charge >= 0.3 is 0 Å². The van der Waals surface area contributed by atoms with Gasteiger partial charge in [0.25, 0.3) is 5.91 Å². The summed E-state index contributed by atoms with van der Waals surface area (Å²) in [4.78, 5) is 14.5. The molecule has 0 saturated carbocycles. The zero-order valence-electron chi connectivity index (χ0n) is 12.1. The largest absolute Gasteiger partial charge is 0.395 e. The molecule has 1 N–H and O–H groups in total. The van der Waals surface area contributed by atoms with Gasteiger partial charge < -0.3 is 10.0 Å². The van der Waals surface area contributed by atoms with E-state index in [2.05, 4.69) is 18.8 Å². The molecule has 0 bridgehead atoms. The van der Waals surface area contributed by atoms with E-state index < -0.39 is 0 Å². The number of rotatable bonds is 2. The monoisotopic (exact) mass is 271 g/mol. The van der Waals surface area contributed by atoms with E-state index in [0.717, 1.165) is 36.2 Å². The molecule has 3 heteroatoms. The molecular weight excluding hydrogens is 250 g/mol. The third kappa shape index (κ3) is 3.20. The van der Waals surface area contributed by atoms with Crippen LogP contribution in [0, 0.1) is 24.7 Å². The predicted octanol–water partition coefficient (Wildman–Crippen LogP) is 2.21. The van der Waals surface area contributed by atoms with Crippen LogP contribution >= 0.6 is 0 Å². The molecule has 20 heavy (non-hydrogen) atoms. The molecule has 1 aromatic rings. The van der Waals surface area contributed by atoms with E-state index >= 15 is 0 Å². The summed E-state index contributed by atoms with van der Waals surface area (Å²) in [7, 11) is 0. The van der Waals surface area contributed by atoms with Crippen LogP contribution < -0.4 is 0 Å². The van der Waals surface area contributed by atoms with Crippen LogP contribution in [0.5, 0.6) is 0 Å². The lowest BCUT2D eigenvalue weighted by Gasteiger charge is -2.17. The normalized spacial score (nSPS) is 17.8. The maximum Gasteiger partial charge on any atom is 0.254 e. The fourth-order valence-corrected chi connectivity index (χ4v) is 2.51. The third-order valence-corrected chi connectivity index (χ3v) is 3.74.